The maximum absolute atomic E-state index is 12.9. The number of nitrogens with zero attached hydrogens (tertiary/aromatic N) is 3. The first-order valence-corrected chi connectivity index (χ1v) is 9.55. The molecule has 2 heterocycles. The highest BCUT2D eigenvalue weighted by Crippen LogP contribution is 2.29. The van der Waals surface area contributed by atoms with Crippen LogP contribution in [0.25, 0.3) is 0 Å². The molecule has 1 atom stereocenters. The van der Waals surface area contributed by atoms with Gasteiger partial charge < -0.3 is 27.1 Å². The van der Waals surface area contributed by atoms with Crippen molar-refractivity contribution in [2.24, 2.45) is 5.92 Å². The monoisotopic (exact) mass is 451 g/mol. The number of halogens is 3. The number of hydrogen-bond donors (Lipinski definition) is 4. The zero-order valence-electron chi connectivity index (χ0n) is 17.7. The predicted octanol–water partition coefficient (Wildman–Crippen LogP) is 2.67. The molecular weight excluding hydrogens is 427 g/mol. The molecule has 172 valence electrons. The van der Waals surface area contributed by atoms with Gasteiger partial charge in [0.05, 0.1) is 40.9 Å². The third-order valence-electron chi connectivity index (χ3n) is 4.98. The SMILES string of the molecule is CC(C)C(C)N(Cc1ccc(C(F)(F)F)cn1)C(=O)C(=O)Nc1cnc(N)c(C=N)c1N. The van der Waals surface area contributed by atoms with Crippen molar-refractivity contribution in [1.82, 2.24) is 14.9 Å². The Labute approximate surface area is 182 Å². The van der Waals surface area contributed by atoms with Crippen molar-refractivity contribution in [2.75, 3.05) is 16.8 Å². The number of nitrogens with two attached hydrogens (primary N) is 2. The van der Waals surface area contributed by atoms with Gasteiger partial charge in [-0.1, -0.05) is 13.8 Å². The normalized spacial score (nSPS) is 12.3. The molecule has 32 heavy (non-hydrogen) atoms. The molecule has 6 N–H and O–H groups in total. The molecule has 0 spiro atoms. The smallest absolute Gasteiger partial charge is 0.396 e. The Bertz CT molecular complexity index is 1010. The average molecular weight is 451 g/mol. The second-order valence-corrected chi connectivity index (χ2v) is 7.44. The van der Waals surface area contributed by atoms with Crippen LogP contribution in [0.4, 0.5) is 30.4 Å². The molecule has 2 aromatic heterocycles. The first kappa shape index (κ1) is 24.6. The number of hydrogen-bond acceptors (Lipinski definition) is 7. The molecule has 0 aromatic carbocycles. The minimum Gasteiger partial charge on any atom is -0.396 e. The van der Waals surface area contributed by atoms with Crippen molar-refractivity contribution in [3.8, 4) is 0 Å². The van der Waals surface area contributed by atoms with Crippen molar-refractivity contribution < 1.29 is 22.8 Å². The average Bonchev–Trinajstić information content (AvgIpc) is 2.73. The molecule has 0 bridgehead atoms. The van der Waals surface area contributed by atoms with Crippen LogP contribution < -0.4 is 16.8 Å². The molecule has 0 radical (unpaired) electrons. The van der Waals surface area contributed by atoms with Crippen molar-refractivity contribution >= 4 is 35.2 Å². The van der Waals surface area contributed by atoms with Crippen LogP contribution in [0.3, 0.4) is 0 Å². The zero-order chi connectivity index (χ0) is 24.2. The molecule has 2 rings (SSSR count). The highest BCUT2D eigenvalue weighted by molar-refractivity contribution is 6.40. The van der Waals surface area contributed by atoms with Gasteiger partial charge >= 0.3 is 18.0 Å². The number of nitrogens with one attached hydrogen (secondary N) is 2. The number of pyridine rings is 2. The van der Waals surface area contributed by atoms with E-state index in [1.54, 1.807) is 6.92 Å². The first-order chi connectivity index (χ1) is 14.9. The lowest BCUT2D eigenvalue weighted by Gasteiger charge is -2.31. The van der Waals surface area contributed by atoms with Crippen LogP contribution in [-0.4, -0.2) is 38.9 Å². The third kappa shape index (κ3) is 5.50. The minimum atomic E-state index is -4.53. The fourth-order valence-electron chi connectivity index (χ4n) is 2.73. The lowest BCUT2D eigenvalue weighted by molar-refractivity contribution is -0.145. The molecule has 1 unspecified atom stereocenters. The largest absolute Gasteiger partial charge is 0.417 e. The maximum Gasteiger partial charge on any atom is 0.417 e. The van der Waals surface area contributed by atoms with Gasteiger partial charge in [-0.2, -0.15) is 13.2 Å². The lowest BCUT2D eigenvalue weighted by Crippen LogP contribution is -2.46. The summed E-state index contributed by atoms with van der Waals surface area (Å²) in [7, 11) is 0. The number of amides is 2. The van der Waals surface area contributed by atoms with Gasteiger partial charge in [0.25, 0.3) is 0 Å². The molecule has 9 nitrogen and oxygen atoms in total. The summed E-state index contributed by atoms with van der Waals surface area (Å²) in [6.07, 6.45) is -1.82. The molecule has 0 saturated heterocycles. The van der Waals surface area contributed by atoms with E-state index in [0.29, 0.717) is 6.20 Å². The van der Waals surface area contributed by atoms with Crippen LogP contribution in [0.2, 0.25) is 0 Å². The van der Waals surface area contributed by atoms with Gasteiger partial charge in [0.15, 0.2) is 0 Å². The Kier molecular flexibility index (Phi) is 7.39. The zero-order valence-corrected chi connectivity index (χ0v) is 17.7. The van der Waals surface area contributed by atoms with Gasteiger partial charge in [-0.15, -0.1) is 0 Å². The molecule has 0 aliphatic rings. The Morgan fingerprint density at radius 2 is 1.84 bits per heavy atom. The standard InChI is InChI=1S/C20H24F3N7O2/c1-10(2)11(3)30(9-13-5-4-12(7-27-13)20(21,22)23)19(32)18(31)29-15-8-28-17(26)14(6-24)16(15)25/h4-8,10-11,24H,9H2,1-3H3,(H,29,31)(H4,25,26,28). The summed E-state index contributed by atoms with van der Waals surface area (Å²) < 4.78 is 38.3. The summed E-state index contributed by atoms with van der Waals surface area (Å²) in [4.78, 5) is 34.4. The van der Waals surface area contributed by atoms with Crippen LogP contribution in [0, 0.1) is 11.3 Å². The lowest BCUT2D eigenvalue weighted by atomic mass is 10.0. The second kappa shape index (κ2) is 9.62. The van der Waals surface area contributed by atoms with E-state index in [1.165, 1.54) is 4.90 Å². The number of anilines is 3. The van der Waals surface area contributed by atoms with E-state index in [1.807, 2.05) is 13.8 Å². The van der Waals surface area contributed by atoms with Crippen LogP contribution in [0.1, 0.15) is 37.6 Å². The first-order valence-electron chi connectivity index (χ1n) is 9.55. The van der Waals surface area contributed by atoms with Crippen molar-refractivity contribution in [1.29, 1.82) is 5.41 Å². The van der Waals surface area contributed by atoms with Gasteiger partial charge in [-0.05, 0) is 25.0 Å². The van der Waals surface area contributed by atoms with Gasteiger partial charge in [-0.3, -0.25) is 14.6 Å². The number of aromatic nitrogens is 2. The summed E-state index contributed by atoms with van der Waals surface area (Å²) in [5.41, 5.74) is 10.9. The van der Waals surface area contributed by atoms with E-state index in [4.69, 9.17) is 16.9 Å². The number of rotatable bonds is 6. The number of carbonyl (C=O) groups is 2. The molecule has 0 saturated carbocycles. The van der Waals surface area contributed by atoms with E-state index in [2.05, 4.69) is 15.3 Å². The summed E-state index contributed by atoms with van der Waals surface area (Å²) in [6, 6.07) is 1.59. The number of nitrogen functional groups attached to an aromatic ring is 2. The van der Waals surface area contributed by atoms with E-state index in [9.17, 15) is 22.8 Å². The Balaban J connectivity index is 2.28. The third-order valence-corrected chi connectivity index (χ3v) is 4.98. The molecule has 12 heteroatoms. The summed E-state index contributed by atoms with van der Waals surface area (Å²) in [5.74, 6) is -2.03. The van der Waals surface area contributed by atoms with Crippen molar-refractivity contribution in [2.45, 2.75) is 39.5 Å². The Morgan fingerprint density at radius 1 is 1.19 bits per heavy atom. The number of alkyl halides is 3. The highest BCUT2D eigenvalue weighted by atomic mass is 19.4. The molecule has 2 amide bonds. The minimum absolute atomic E-state index is 0.000792. The van der Waals surface area contributed by atoms with Gasteiger partial charge in [-0.25, -0.2) is 4.98 Å². The fourth-order valence-corrected chi connectivity index (χ4v) is 2.73. The molecule has 0 aliphatic carbocycles. The van der Waals surface area contributed by atoms with Crippen molar-refractivity contribution in [3.63, 3.8) is 0 Å². The topological polar surface area (TPSA) is 151 Å². The summed E-state index contributed by atoms with van der Waals surface area (Å²) in [6.45, 7) is 5.21. The summed E-state index contributed by atoms with van der Waals surface area (Å²) >= 11 is 0. The van der Waals surface area contributed by atoms with Crippen LogP contribution in [0.15, 0.2) is 24.5 Å². The van der Waals surface area contributed by atoms with E-state index < -0.39 is 29.6 Å². The Morgan fingerprint density at radius 3 is 2.34 bits per heavy atom. The van der Waals surface area contributed by atoms with Crippen molar-refractivity contribution in [3.05, 3.63) is 41.3 Å². The van der Waals surface area contributed by atoms with E-state index >= 15 is 0 Å². The van der Waals surface area contributed by atoms with Gasteiger partial charge in [0, 0.05) is 18.5 Å². The number of carbonyl (C=O) groups excluding carboxylic acids is 2. The summed E-state index contributed by atoms with van der Waals surface area (Å²) in [5, 5.41) is 9.70. The van der Waals surface area contributed by atoms with Crippen LogP contribution in [0.5, 0.6) is 0 Å². The Hall–Kier alpha value is -3.70. The second-order valence-electron chi connectivity index (χ2n) is 7.44. The van der Waals surface area contributed by atoms with Crippen LogP contribution in [-0.2, 0) is 22.3 Å². The fraction of sp³-hybridized carbons (Fsp3) is 0.350. The van der Waals surface area contributed by atoms with E-state index in [0.717, 1.165) is 24.5 Å². The maximum atomic E-state index is 12.9. The highest BCUT2D eigenvalue weighted by Gasteiger charge is 2.32. The molecule has 2 aromatic rings. The van der Waals surface area contributed by atoms with Gasteiger partial charge in [0.2, 0.25) is 0 Å². The van der Waals surface area contributed by atoms with Gasteiger partial charge in [0.1, 0.15) is 5.82 Å². The molecule has 0 fully saturated rings. The molecule has 0 aliphatic heterocycles. The van der Waals surface area contributed by atoms with Crippen LogP contribution >= 0.6 is 0 Å². The van der Waals surface area contributed by atoms with E-state index in [-0.39, 0.29) is 40.9 Å². The quantitative estimate of drug-likeness (QED) is 0.392. The predicted molar refractivity (Wildman–Crippen MR) is 114 cm³/mol. The molecular formula is C20H24F3N7O2.